The van der Waals surface area contributed by atoms with E-state index in [2.05, 4.69) is 4.98 Å². The summed E-state index contributed by atoms with van der Waals surface area (Å²) in [7, 11) is 1.74. The normalized spacial score (nSPS) is 12.0. The number of nitrogens with zero attached hydrogens (tertiary/aromatic N) is 4. The first-order chi connectivity index (χ1) is 14.9. The Kier molecular flexibility index (Phi) is 5.25. The van der Waals surface area contributed by atoms with Crippen molar-refractivity contribution in [3.05, 3.63) is 99.9 Å². The van der Waals surface area contributed by atoms with E-state index < -0.39 is 4.92 Å². The van der Waals surface area contributed by atoms with Crippen LogP contribution in [0.25, 0.3) is 16.7 Å². The van der Waals surface area contributed by atoms with Crippen molar-refractivity contribution in [2.24, 2.45) is 0 Å². The van der Waals surface area contributed by atoms with Crippen molar-refractivity contribution in [3.8, 4) is 5.69 Å². The molecule has 7 heteroatoms. The molecule has 0 saturated heterocycles. The summed E-state index contributed by atoms with van der Waals surface area (Å²) in [6.07, 6.45) is 1.80. The third kappa shape index (κ3) is 3.77. The molecule has 1 amide bonds. The molecule has 1 atom stereocenters. The third-order valence-corrected chi connectivity index (χ3v) is 5.65. The third-order valence-electron chi connectivity index (χ3n) is 5.65. The lowest BCUT2D eigenvalue weighted by molar-refractivity contribution is -0.385. The summed E-state index contributed by atoms with van der Waals surface area (Å²) in [5, 5.41) is 11.0. The number of benzene rings is 3. The molecule has 0 spiro atoms. The highest BCUT2D eigenvalue weighted by atomic mass is 16.6. The minimum Gasteiger partial charge on any atom is -0.335 e. The fourth-order valence-corrected chi connectivity index (χ4v) is 3.67. The van der Waals surface area contributed by atoms with Gasteiger partial charge in [0.25, 0.3) is 11.6 Å². The van der Waals surface area contributed by atoms with Crippen LogP contribution >= 0.6 is 0 Å². The van der Waals surface area contributed by atoms with Gasteiger partial charge in [-0.2, -0.15) is 0 Å². The number of amides is 1. The van der Waals surface area contributed by atoms with E-state index in [-0.39, 0.29) is 17.6 Å². The quantitative estimate of drug-likeness (QED) is 0.337. The Morgan fingerprint density at radius 1 is 1.10 bits per heavy atom. The van der Waals surface area contributed by atoms with Gasteiger partial charge in [0.2, 0.25) is 0 Å². The number of hydrogen-bond acceptors (Lipinski definition) is 4. The maximum atomic E-state index is 12.9. The van der Waals surface area contributed by atoms with Crippen LogP contribution in [0.4, 0.5) is 5.69 Å². The molecular formula is C24H22N4O3. The number of carbonyl (C=O) groups excluding carboxylic acids is 1. The van der Waals surface area contributed by atoms with Crippen molar-refractivity contribution in [3.63, 3.8) is 0 Å². The van der Waals surface area contributed by atoms with Gasteiger partial charge >= 0.3 is 0 Å². The van der Waals surface area contributed by atoms with E-state index in [0.29, 0.717) is 11.1 Å². The number of aromatic nitrogens is 2. The maximum Gasteiger partial charge on any atom is 0.272 e. The van der Waals surface area contributed by atoms with Gasteiger partial charge in [-0.25, -0.2) is 4.98 Å². The average molecular weight is 414 g/mol. The van der Waals surface area contributed by atoms with E-state index >= 15 is 0 Å². The largest absolute Gasteiger partial charge is 0.335 e. The van der Waals surface area contributed by atoms with Crippen LogP contribution in [0.15, 0.2) is 73.1 Å². The number of nitro groups is 1. The van der Waals surface area contributed by atoms with Crippen molar-refractivity contribution in [2.45, 2.75) is 19.9 Å². The Morgan fingerprint density at radius 3 is 2.48 bits per heavy atom. The molecule has 1 heterocycles. The Balaban J connectivity index is 1.55. The van der Waals surface area contributed by atoms with Gasteiger partial charge in [-0.1, -0.05) is 24.3 Å². The van der Waals surface area contributed by atoms with Crippen LogP contribution in [0, 0.1) is 17.0 Å². The highest BCUT2D eigenvalue weighted by Gasteiger charge is 2.21. The number of nitro benzene ring substituents is 1. The summed E-state index contributed by atoms with van der Waals surface area (Å²) in [4.78, 5) is 29.6. The van der Waals surface area contributed by atoms with Crippen LogP contribution in [-0.2, 0) is 0 Å². The summed E-state index contributed by atoms with van der Waals surface area (Å²) in [5.41, 5.74) is 4.85. The Hall–Kier alpha value is -4.00. The van der Waals surface area contributed by atoms with Crippen molar-refractivity contribution in [2.75, 3.05) is 7.05 Å². The molecule has 1 aromatic heterocycles. The highest BCUT2D eigenvalue weighted by Crippen LogP contribution is 2.25. The van der Waals surface area contributed by atoms with Gasteiger partial charge in [-0.3, -0.25) is 19.5 Å². The van der Waals surface area contributed by atoms with Crippen molar-refractivity contribution in [1.82, 2.24) is 14.5 Å². The molecule has 0 radical (unpaired) electrons. The van der Waals surface area contributed by atoms with Crippen molar-refractivity contribution >= 4 is 22.6 Å². The fraction of sp³-hybridized carbons (Fsp3) is 0.167. The number of imidazole rings is 1. The topological polar surface area (TPSA) is 81.3 Å². The second kappa shape index (κ2) is 8.02. The Bertz CT molecular complexity index is 1280. The smallest absolute Gasteiger partial charge is 0.272 e. The molecule has 0 aliphatic rings. The summed E-state index contributed by atoms with van der Waals surface area (Å²) in [6, 6.07) is 20.2. The molecule has 0 aliphatic heterocycles. The van der Waals surface area contributed by atoms with Crippen LogP contribution in [-0.4, -0.2) is 32.3 Å². The lowest BCUT2D eigenvalue weighted by Crippen LogP contribution is -2.29. The first-order valence-electron chi connectivity index (χ1n) is 9.91. The first kappa shape index (κ1) is 20.3. The Labute approximate surface area is 179 Å². The minimum absolute atomic E-state index is 0.00914. The molecule has 0 aliphatic carbocycles. The fourth-order valence-electron chi connectivity index (χ4n) is 3.67. The van der Waals surface area contributed by atoms with Gasteiger partial charge in [-0.15, -0.1) is 0 Å². The summed E-state index contributed by atoms with van der Waals surface area (Å²) >= 11 is 0. The molecule has 0 unspecified atom stereocenters. The summed E-state index contributed by atoms with van der Waals surface area (Å²) < 4.78 is 2.03. The molecule has 7 nitrogen and oxygen atoms in total. The zero-order chi connectivity index (χ0) is 22.1. The highest BCUT2D eigenvalue weighted by molar-refractivity contribution is 5.94. The van der Waals surface area contributed by atoms with E-state index in [0.717, 1.165) is 22.3 Å². The summed E-state index contributed by atoms with van der Waals surface area (Å²) in [5.74, 6) is -0.185. The van der Waals surface area contributed by atoms with Gasteiger partial charge < -0.3 is 4.90 Å². The zero-order valence-electron chi connectivity index (χ0n) is 17.5. The number of carbonyl (C=O) groups is 1. The summed E-state index contributed by atoms with van der Waals surface area (Å²) in [6.45, 7) is 3.59. The van der Waals surface area contributed by atoms with E-state index in [9.17, 15) is 14.9 Å². The van der Waals surface area contributed by atoms with Gasteiger partial charge in [0.1, 0.15) is 6.33 Å². The molecule has 4 aromatic rings. The molecule has 0 saturated carbocycles. The molecule has 0 fully saturated rings. The lowest BCUT2D eigenvalue weighted by Gasteiger charge is -2.26. The Morgan fingerprint density at radius 2 is 1.81 bits per heavy atom. The van der Waals surface area contributed by atoms with E-state index in [4.69, 9.17) is 0 Å². The molecule has 0 N–H and O–H groups in total. The monoisotopic (exact) mass is 414 g/mol. The molecule has 156 valence electrons. The molecule has 3 aromatic carbocycles. The van der Waals surface area contributed by atoms with Gasteiger partial charge in [0, 0.05) is 29.9 Å². The predicted octanol–water partition coefficient (Wildman–Crippen LogP) is 5.08. The second-order valence-electron chi connectivity index (χ2n) is 7.55. The minimum atomic E-state index is -0.443. The number of rotatable bonds is 5. The standard InChI is InChI=1S/C24H22N4O3/c1-16-14-19(10-13-22(16)28(30)31)24(29)26(3)17(2)18-8-11-20(12-9-18)27-15-25-21-6-4-5-7-23(21)27/h4-15,17H,1-3H3/t17-/m1/s1. The van der Waals surface area contributed by atoms with E-state index in [1.165, 1.54) is 12.1 Å². The maximum absolute atomic E-state index is 12.9. The lowest BCUT2D eigenvalue weighted by atomic mass is 10.0. The van der Waals surface area contributed by atoms with Crippen molar-refractivity contribution in [1.29, 1.82) is 0 Å². The van der Waals surface area contributed by atoms with Crippen molar-refractivity contribution < 1.29 is 9.72 Å². The number of fused-ring (bicyclic) bond motifs is 1. The van der Waals surface area contributed by atoms with Gasteiger partial charge in [0.15, 0.2) is 0 Å². The van der Waals surface area contributed by atoms with Gasteiger partial charge in [-0.05, 0) is 55.8 Å². The number of para-hydroxylation sites is 2. The second-order valence-corrected chi connectivity index (χ2v) is 7.55. The predicted molar refractivity (Wildman–Crippen MR) is 119 cm³/mol. The van der Waals surface area contributed by atoms with E-state index in [1.54, 1.807) is 31.3 Å². The molecule has 0 bridgehead atoms. The number of aryl methyl sites for hydroxylation is 1. The van der Waals surface area contributed by atoms with E-state index in [1.807, 2.05) is 60.0 Å². The average Bonchev–Trinajstić information content (AvgIpc) is 3.21. The van der Waals surface area contributed by atoms with Crippen LogP contribution < -0.4 is 0 Å². The van der Waals surface area contributed by atoms with Crippen LogP contribution in [0.3, 0.4) is 0 Å². The molecular weight excluding hydrogens is 392 g/mol. The molecule has 31 heavy (non-hydrogen) atoms. The SMILES string of the molecule is Cc1cc(C(=O)N(C)[C@H](C)c2ccc(-n3cnc4ccccc43)cc2)ccc1[N+](=O)[O-]. The van der Waals surface area contributed by atoms with Crippen LogP contribution in [0.5, 0.6) is 0 Å². The van der Waals surface area contributed by atoms with Crippen LogP contribution in [0.1, 0.15) is 34.5 Å². The zero-order valence-corrected chi connectivity index (χ0v) is 17.5. The van der Waals surface area contributed by atoms with Crippen LogP contribution in [0.2, 0.25) is 0 Å². The van der Waals surface area contributed by atoms with Gasteiger partial charge in [0.05, 0.1) is 22.0 Å². The molecule has 4 rings (SSSR count). The first-order valence-corrected chi connectivity index (χ1v) is 9.91. The number of hydrogen-bond donors (Lipinski definition) is 0.